The van der Waals surface area contributed by atoms with E-state index in [-0.39, 0.29) is 5.91 Å². The van der Waals surface area contributed by atoms with Crippen molar-refractivity contribution in [2.75, 3.05) is 17.2 Å². The Labute approximate surface area is 125 Å². The highest BCUT2D eigenvalue weighted by Gasteiger charge is 2.12. The molecule has 0 spiro atoms. The molecule has 2 rings (SSSR count). The summed E-state index contributed by atoms with van der Waals surface area (Å²) in [5, 5.41) is 6.09. The van der Waals surface area contributed by atoms with Crippen LogP contribution in [0.1, 0.15) is 34.1 Å². The Morgan fingerprint density at radius 1 is 1.10 bits per heavy atom. The molecule has 0 atom stereocenters. The highest BCUT2D eigenvalue weighted by atomic mass is 16.1. The third-order valence-corrected chi connectivity index (χ3v) is 3.13. The van der Waals surface area contributed by atoms with Crippen molar-refractivity contribution in [2.45, 2.75) is 27.7 Å². The highest BCUT2D eigenvalue weighted by molar-refractivity contribution is 6.07. The fourth-order valence-electron chi connectivity index (χ4n) is 2.28. The van der Waals surface area contributed by atoms with Crippen LogP contribution in [0.15, 0.2) is 30.3 Å². The number of pyridine rings is 1. The first kappa shape index (κ1) is 15.0. The summed E-state index contributed by atoms with van der Waals surface area (Å²) >= 11 is 0. The third-order valence-electron chi connectivity index (χ3n) is 3.13. The first-order valence-electron chi connectivity index (χ1n) is 7.10. The second-order valence-corrected chi connectivity index (χ2v) is 5.20. The number of rotatable bonds is 4. The first-order valence-corrected chi connectivity index (χ1v) is 7.10. The van der Waals surface area contributed by atoms with E-state index < -0.39 is 0 Å². The number of amides is 1. The minimum absolute atomic E-state index is 0.146. The number of benzene rings is 1. The number of nitrogens with zero attached hydrogens (tertiary/aromatic N) is 1. The van der Waals surface area contributed by atoms with Crippen molar-refractivity contribution in [1.82, 2.24) is 4.98 Å². The summed E-state index contributed by atoms with van der Waals surface area (Å²) in [6, 6.07) is 9.66. The van der Waals surface area contributed by atoms with Crippen LogP contribution in [0.4, 0.5) is 11.5 Å². The standard InChI is InChI=1S/C17H21N3O/c1-5-18-15-7-6-11(2)9-14(15)17(21)20-16-10-12(3)8-13(4)19-16/h6-10,18H,5H2,1-4H3,(H,19,20,21). The molecule has 2 N–H and O–H groups in total. The monoisotopic (exact) mass is 283 g/mol. The molecule has 0 radical (unpaired) electrons. The van der Waals surface area contributed by atoms with Crippen LogP contribution in [0.5, 0.6) is 0 Å². The lowest BCUT2D eigenvalue weighted by molar-refractivity contribution is 0.102. The molecule has 110 valence electrons. The third kappa shape index (κ3) is 3.81. The smallest absolute Gasteiger partial charge is 0.258 e. The summed E-state index contributed by atoms with van der Waals surface area (Å²) in [5.74, 6) is 0.439. The maximum absolute atomic E-state index is 12.5. The molecule has 21 heavy (non-hydrogen) atoms. The van der Waals surface area contributed by atoms with Crippen molar-refractivity contribution >= 4 is 17.4 Å². The summed E-state index contributed by atoms with van der Waals surface area (Å²) in [7, 11) is 0. The summed E-state index contributed by atoms with van der Waals surface area (Å²) in [6.07, 6.45) is 0. The van der Waals surface area contributed by atoms with E-state index in [1.165, 1.54) is 0 Å². The van der Waals surface area contributed by atoms with Crippen molar-refractivity contribution in [3.05, 3.63) is 52.7 Å². The van der Waals surface area contributed by atoms with E-state index in [2.05, 4.69) is 15.6 Å². The molecular formula is C17H21N3O. The van der Waals surface area contributed by atoms with Crippen LogP contribution in [-0.2, 0) is 0 Å². The molecule has 0 unspecified atom stereocenters. The van der Waals surface area contributed by atoms with Gasteiger partial charge in [-0.05, 0) is 57.5 Å². The van der Waals surface area contributed by atoms with Crippen LogP contribution in [-0.4, -0.2) is 17.4 Å². The molecule has 0 saturated carbocycles. The Morgan fingerprint density at radius 3 is 2.52 bits per heavy atom. The van der Waals surface area contributed by atoms with Crippen LogP contribution < -0.4 is 10.6 Å². The van der Waals surface area contributed by atoms with Gasteiger partial charge >= 0.3 is 0 Å². The molecule has 1 heterocycles. The van der Waals surface area contributed by atoms with E-state index in [9.17, 15) is 4.79 Å². The Bertz CT molecular complexity index is 645. The van der Waals surface area contributed by atoms with Gasteiger partial charge in [0.1, 0.15) is 5.82 Å². The van der Waals surface area contributed by atoms with Gasteiger partial charge in [0.2, 0.25) is 0 Å². The van der Waals surface area contributed by atoms with Gasteiger partial charge in [-0.3, -0.25) is 4.79 Å². The molecule has 0 bridgehead atoms. The summed E-state index contributed by atoms with van der Waals surface area (Å²) < 4.78 is 0. The molecule has 0 saturated heterocycles. The van der Waals surface area contributed by atoms with E-state index in [1.807, 2.05) is 58.0 Å². The van der Waals surface area contributed by atoms with E-state index in [1.54, 1.807) is 0 Å². The van der Waals surface area contributed by atoms with Gasteiger partial charge in [0.15, 0.2) is 0 Å². The Kier molecular flexibility index (Phi) is 4.58. The maximum atomic E-state index is 12.5. The van der Waals surface area contributed by atoms with Gasteiger partial charge in [0, 0.05) is 17.9 Å². The average molecular weight is 283 g/mol. The van der Waals surface area contributed by atoms with E-state index in [4.69, 9.17) is 0 Å². The number of hydrogen-bond donors (Lipinski definition) is 2. The molecule has 4 heteroatoms. The zero-order valence-electron chi connectivity index (χ0n) is 12.9. The largest absolute Gasteiger partial charge is 0.385 e. The number of aromatic nitrogens is 1. The number of aryl methyl sites for hydroxylation is 3. The molecule has 0 aliphatic carbocycles. The quantitative estimate of drug-likeness (QED) is 0.899. The molecule has 1 aromatic carbocycles. The number of carbonyl (C=O) groups is 1. The topological polar surface area (TPSA) is 54.0 Å². The normalized spacial score (nSPS) is 10.3. The zero-order chi connectivity index (χ0) is 15.4. The molecule has 1 amide bonds. The second-order valence-electron chi connectivity index (χ2n) is 5.20. The molecule has 2 aromatic rings. The lowest BCUT2D eigenvalue weighted by atomic mass is 10.1. The Hall–Kier alpha value is -2.36. The van der Waals surface area contributed by atoms with Crippen molar-refractivity contribution in [3.8, 4) is 0 Å². The van der Waals surface area contributed by atoms with Gasteiger partial charge in [-0.2, -0.15) is 0 Å². The van der Waals surface area contributed by atoms with Gasteiger partial charge in [0.05, 0.1) is 5.56 Å². The molecule has 0 aliphatic heterocycles. The molecule has 1 aromatic heterocycles. The number of carbonyl (C=O) groups excluding carboxylic acids is 1. The summed E-state index contributed by atoms with van der Waals surface area (Å²) in [5.41, 5.74) is 4.49. The van der Waals surface area contributed by atoms with Crippen LogP contribution in [0.25, 0.3) is 0 Å². The number of anilines is 2. The van der Waals surface area contributed by atoms with Crippen molar-refractivity contribution < 1.29 is 4.79 Å². The molecule has 4 nitrogen and oxygen atoms in total. The maximum Gasteiger partial charge on any atom is 0.258 e. The van der Waals surface area contributed by atoms with E-state index in [0.717, 1.165) is 29.1 Å². The number of hydrogen-bond acceptors (Lipinski definition) is 3. The highest BCUT2D eigenvalue weighted by Crippen LogP contribution is 2.19. The molecule has 0 aliphatic rings. The zero-order valence-corrected chi connectivity index (χ0v) is 12.9. The van der Waals surface area contributed by atoms with E-state index in [0.29, 0.717) is 11.4 Å². The van der Waals surface area contributed by atoms with E-state index >= 15 is 0 Å². The SMILES string of the molecule is CCNc1ccc(C)cc1C(=O)Nc1cc(C)cc(C)n1. The lowest BCUT2D eigenvalue weighted by Crippen LogP contribution is -2.16. The van der Waals surface area contributed by atoms with Crippen LogP contribution in [0.3, 0.4) is 0 Å². The molecular weight excluding hydrogens is 262 g/mol. The fraction of sp³-hybridized carbons (Fsp3) is 0.294. The van der Waals surface area contributed by atoms with Crippen molar-refractivity contribution in [1.29, 1.82) is 0 Å². The van der Waals surface area contributed by atoms with Crippen molar-refractivity contribution in [3.63, 3.8) is 0 Å². The summed E-state index contributed by atoms with van der Waals surface area (Å²) in [4.78, 5) is 16.8. The van der Waals surface area contributed by atoms with Crippen molar-refractivity contribution in [2.24, 2.45) is 0 Å². The first-order chi connectivity index (χ1) is 9.99. The minimum atomic E-state index is -0.146. The second kappa shape index (κ2) is 6.39. The van der Waals surface area contributed by atoms with Gasteiger partial charge < -0.3 is 10.6 Å². The number of nitrogens with one attached hydrogen (secondary N) is 2. The van der Waals surface area contributed by atoms with Gasteiger partial charge in [-0.15, -0.1) is 0 Å². The Morgan fingerprint density at radius 2 is 1.86 bits per heavy atom. The summed E-state index contributed by atoms with van der Waals surface area (Å²) in [6.45, 7) is 8.65. The van der Waals surface area contributed by atoms with Crippen LogP contribution >= 0.6 is 0 Å². The Balaban J connectivity index is 2.29. The minimum Gasteiger partial charge on any atom is -0.385 e. The van der Waals surface area contributed by atoms with Crippen LogP contribution in [0, 0.1) is 20.8 Å². The van der Waals surface area contributed by atoms with Gasteiger partial charge in [0.25, 0.3) is 5.91 Å². The van der Waals surface area contributed by atoms with Gasteiger partial charge in [-0.25, -0.2) is 4.98 Å². The fourth-order valence-corrected chi connectivity index (χ4v) is 2.28. The lowest BCUT2D eigenvalue weighted by Gasteiger charge is -2.12. The average Bonchev–Trinajstić information content (AvgIpc) is 2.39. The predicted molar refractivity (Wildman–Crippen MR) is 87.0 cm³/mol. The van der Waals surface area contributed by atoms with Gasteiger partial charge in [-0.1, -0.05) is 11.6 Å². The predicted octanol–water partition coefficient (Wildman–Crippen LogP) is 3.69. The molecule has 0 fully saturated rings. The van der Waals surface area contributed by atoms with Crippen LogP contribution in [0.2, 0.25) is 0 Å².